The van der Waals surface area contributed by atoms with Gasteiger partial charge in [-0.3, -0.25) is 9.59 Å². The lowest BCUT2D eigenvalue weighted by atomic mass is 9.48. The minimum Gasteiger partial charge on any atom is -0.349 e. The van der Waals surface area contributed by atoms with Gasteiger partial charge in [0.25, 0.3) is 0 Å². The molecular formula is C28H35ClN2O2. The van der Waals surface area contributed by atoms with Gasteiger partial charge in [0.2, 0.25) is 11.8 Å². The predicted molar refractivity (Wildman–Crippen MR) is 133 cm³/mol. The summed E-state index contributed by atoms with van der Waals surface area (Å²) in [4.78, 5) is 27.1. The van der Waals surface area contributed by atoms with Crippen LogP contribution < -0.4 is 5.32 Å². The van der Waals surface area contributed by atoms with E-state index in [1.54, 1.807) is 18.2 Å². The number of rotatable bonds is 3. The van der Waals surface area contributed by atoms with Crippen LogP contribution in [0.4, 0.5) is 0 Å². The van der Waals surface area contributed by atoms with E-state index in [1.165, 1.54) is 19.3 Å². The van der Waals surface area contributed by atoms with Gasteiger partial charge in [-0.1, -0.05) is 49.7 Å². The number of carbonyl (C=O) groups excluding carboxylic acids is 2. The van der Waals surface area contributed by atoms with Crippen molar-refractivity contribution in [1.29, 1.82) is 0 Å². The summed E-state index contributed by atoms with van der Waals surface area (Å²) >= 11 is 6.22. The van der Waals surface area contributed by atoms with Crippen molar-refractivity contribution < 1.29 is 9.59 Å². The van der Waals surface area contributed by atoms with Crippen molar-refractivity contribution in [3.05, 3.63) is 53.1 Å². The average molecular weight is 467 g/mol. The minimum atomic E-state index is -0.0325. The summed E-state index contributed by atoms with van der Waals surface area (Å²) in [5.41, 5.74) is 1.06. The molecule has 5 rings (SSSR count). The van der Waals surface area contributed by atoms with Gasteiger partial charge in [0, 0.05) is 35.6 Å². The molecule has 1 N–H and O–H groups in total. The van der Waals surface area contributed by atoms with E-state index in [2.05, 4.69) is 25.2 Å². The van der Waals surface area contributed by atoms with Crippen molar-refractivity contribution in [2.75, 3.05) is 7.05 Å². The first-order valence-corrected chi connectivity index (χ1v) is 12.8. The molecule has 0 unspecified atom stereocenters. The number of nitrogens with zero attached hydrogens (tertiary/aromatic N) is 1. The number of hydrogen-bond acceptors (Lipinski definition) is 2. The van der Waals surface area contributed by atoms with Crippen LogP contribution in [0.2, 0.25) is 5.02 Å². The lowest BCUT2D eigenvalue weighted by molar-refractivity contribution is -0.138. The Kier molecular flexibility index (Phi) is 5.71. The van der Waals surface area contributed by atoms with E-state index < -0.39 is 0 Å². The Morgan fingerprint density at radius 1 is 1.12 bits per heavy atom. The summed E-state index contributed by atoms with van der Waals surface area (Å²) in [6, 6.07) is 8.10. The zero-order chi connectivity index (χ0) is 23.4. The van der Waals surface area contributed by atoms with E-state index >= 15 is 0 Å². The Hall–Kier alpha value is -2.07. The third-order valence-electron chi connectivity index (χ3n) is 9.76. The number of amides is 2. The van der Waals surface area contributed by atoms with Crippen LogP contribution >= 0.6 is 11.6 Å². The second-order valence-electron chi connectivity index (χ2n) is 11.2. The number of benzene rings is 1. The molecule has 4 nitrogen and oxygen atoms in total. The molecule has 5 heteroatoms. The smallest absolute Gasteiger partial charge is 0.246 e. The van der Waals surface area contributed by atoms with Crippen LogP contribution in [-0.2, 0) is 9.59 Å². The quantitative estimate of drug-likeness (QED) is 0.600. The first-order valence-electron chi connectivity index (χ1n) is 12.4. The summed E-state index contributed by atoms with van der Waals surface area (Å²) in [6.07, 6.45) is 14.2. The molecule has 1 heterocycles. The van der Waals surface area contributed by atoms with Gasteiger partial charge in [-0.25, -0.2) is 0 Å². The zero-order valence-corrected chi connectivity index (χ0v) is 20.6. The fourth-order valence-electron chi connectivity index (χ4n) is 7.97. The highest BCUT2D eigenvalue weighted by atomic mass is 35.5. The summed E-state index contributed by atoms with van der Waals surface area (Å²) in [6.45, 7) is 4.79. The fourth-order valence-corrected chi connectivity index (χ4v) is 8.17. The second-order valence-corrected chi connectivity index (χ2v) is 11.6. The molecule has 3 aliphatic carbocycles. The lowest BCUT2D eigenvalue weighted by Gasteiger charge is -2.60. The van der Waals surface area contributed by atoms with E-state index in [0.717, 1.165) is 24.8 Å². The van der Waals surface area contributed by atoms with Crippen LogP contribution in [0.1, 0.15) is 57.9 Å². The van der Waals surface area contributed by atoms with Crippen LogP contribution in [0.25, 0.3) is 6.08 Å². The molecule has 0 spiro atoms. The molecule has 0 bridgehead atoms. The highest BCUT2D eigenvalue weighted by molar-refractivity contribution is 6.32. The summed E-state index contributed by atoms with van der Waals surface area (Å²) in [7, 11) is 1.97. The number of fused-ring (bicyclic) bond motifs is 5. The predicted octanol–water partition coefficient (Wildman–Crippen LogP) is 5.48. The minimum absolute atomic E-state index is 0.0325. The van der Waals surface area contributed by atoms with Gasteiger partial charge in [-0.05, 0) is 85.5 Å². The molecule has 4 aliphatic rings. The molecule has 3 saturated carbocycles. The number of hydrogen-bond donors (Lipinski definition) is 1. The highest BCUT2D eigenvalue weighted by Gasteiger charge is 2.60. The first kappa shape index (κ1) is 22.7. The molecule has 1 aliphatic heterocycles. The lowest BCUT2D eigenvalue weighted by Crippen LogP contribution is -2.60. The SMILES string of the molecule is CN1C(=O)C=C[C@]2(C)[C@H]3CC[C@]4(C)[C@@H](NC(=O)/C=C/c5ccccc5Cl)CC[C@H]4[C@@H]3CC[C@@H]12. The van der Waals surface area contributed by atoms with Crippen molar-refractivity contribution in [3.8, 4) is 0 Å². The second kappa shape index (κ2) is 8.30. The van der Waals surface area contributed by atoms with Gasteiger partial charge in [0.15, 0.2) is 0 Å². The highest BCUT2D eigenvalue weighted by Crippen LogP contribution is 2.63. The average Bonchev–Trinajstić information content (AvgIpc) is 3.12. The Bertz CT molecular complexity index is 1020. The maximum atomic E-state index is 12.8. The van der Waals surface area contributed by atoms with Crippen LogP contribution in [0.3, 0.4) is 0 Å². The molecule has 176 valence electrons. The van der Waals surface area contributed by atoms with Crippen molar-refractivity contribution in [2.45, 2.75) is 64.5 Å². The van der Waals surface area contributed by atoms with Crippen molar-refractivity contribution in [1.82, 2.24) is 10.2 Å². The van der Waals surface area contributed by atoms with Gasteiger partial charge >= 0.3 is 0 Å². The standard InChI is InChI=1S/C28H35ClN2O2/c1-27-16-14-21-19(9-12-24-28(21,2)17-15-26(33)31(24)3)20(27)10-11-23(27)30-25(32)13-8-18-6-4-5-7-22(18)29/h4-8,13,15,17,19-21,23-24H,9-12,14,16H2,1-3H3,(H,30,32)/b13-8+/t19-,20-,21-,23-,24+,27-,28+/m0/s1. The maximum Gasteiger partial charge on any atom is 0.246 e. The molecule has 2 amide bonds. The third kappa shape index (κ3) is 3.65. The fraction of sp³-hybridized carbons (Fsp3) is 0.571. The van der Waals surface area contributed by atoms with E-state index in [-0.39, 0.29) is 28.7 Å². The number of likely N-dealkylation sites (N-methyl/N-ethyl adjacent to an activating group) is 1. The molecule has 7 atom stereocenters. The molecule has 3 fully saturated rings. The monoisotopic (exact) mass is 466 g/mol. The largest absolute Gasteiger partial charge is 0.349 e. The van der Waals surface area contributed by atoms with Gasteiger partial charge in [0.05, 0.1) is 0 Å². The van der Waals surface area contributed by atoms with Crippen molar-refractivity contribution in [3.63, 3.8) is 0 Å². The molecular weight excluding hydrogens is 432 g/mol. The summed E-state index contributed by atoms with van der Waals surface area (Å²) in [5, 5.41) is 4.00. The van der Waals surface area contributed by atoms with Gasteiger partial charge < -0.3 is 10.2 Å². The van der Waals surface area contributed by atoms with Gasteiger partial charge in [0.1, 0.15) is 0 Å². The number of carbonyl (C=O) groups is 2. The Labute approximate surface area is 202 Å². The Morgan fingerprint density at radius 2 is 1.91 bits per heavy atom. The zero-order valence-electron chi connectivity index (χ0n) is 19.9. The molecule has 1 aromatic rings. The third-order valence-corrected chi connectivity index (χ3v) is 10.1. The van der Waals surface area contributed by atoms with Gasteiger partial charge in [-0.2, -0.15) is 0 Å². The van der Waals surface area contributed by atoms with E-state index in [9.17, 15) is 9.59 Å². The summed E-state index contributed by atoms with van der Waals surface area (Å²) in [5.74, 6) is 2.01. The number of nitrogens with one attached hydrogen (secondary N) is 1. The van der Waals surface area contributed by atoms with E-state index in [4.69, 9.17) is 11.6 Å². The molecule has 33 heavy (non-hydrogen) atoms. The maximum absolute atomic E-state index is 12.8. The van der Waals surface area contributed by atoms with Crippen LogP contribution in [0.15, 0.2) is 42.5 Å². The van der Waals surface area contributed by atoms with Crippen LogP contribution in [0, 0.1) is 28.6 Å². The number of halogens is 1. The van der Waals surface area contributed by atoms with Crippen LogP contribution in [0.5, 0.6) is 0 Å². The van der Waals surface area contributed by atoms with Crippen molar-refractivity contribution in [2.24, 2.45) is 28.6 Å². The van der Waals surface area contributed by atoms with E-state index in [0.29, 0.717) is 28.8 Å². The van der Waals surface area contributed by atoms with E-state index in [1.807, 2.05) is 36.2 Å². The molecule has 1 aromatic carbocycles. The van der Waals surface area contributed by atoms with Crippen molar-refractivity contribution >= 4 is 29.5 Å². The Balaban J connectivity index is 1.31. The van der Waals surface area contributed by atoms with Crippen LogP contribution in [-0.4, -0.2) is 35.8 Å². The summed E-state index contributed by atoms with van der Waals surface area (Å²) < 4.78 is 0. The molecule has 0 radical (unpaired) electrons. The first-order chi connectivity index (χ1) is 15.7. The molecule has 0 aromatic heterocycles. The molecule has 0 saturated heterocycles. The van der Waals surface area contributed by atoms with Gasteiger partial charge in [-0.15, -0.1) is 0 Å². The topological polar surface area (TPSA) is 49.4 Å². The Morgan fingerprint density at radius 3 is 2.70 bits per heavy atom. The normalized spacial score (nSPS) is 39.8.